The molecular formula is C31H51FN4O2. The Morgan fingerprint density at radius 3 is 2.71 bits per heavy atom. The first-order valence-corrected chi connectivity index (χ1v) is 13.7. The SMILES string of the molecule is C#CN/C(C)=C\C=C/C.CCCCCOCC(=O)N1CCCN(C)CC1.CNC(C)C1C=CC=C(F)C=C1. The normalized spacial score (nSPS) is 18.7. The summed E-state index contributed by atoms with van der Waals surface area (Å²) in [4.78, 5) is 16.1. The van der Waals surface area contributed by atoms with E-state index >= 15 is 0 Å². The Kier molecular flexibility index (Phi) is 21.8. The molecule has 1 aliphatic heterocycles. The van der Waals surface area contributed by atoms with Crippen LogP contribution in [0.25, 0.3) is 0 Å². The average molecular weight is 531 g/mol. The maximum absolute atomic E-state index is 12.7. The van der Waals surface area contributed by atoms with Crippen LogP contribution in [0.3, 0.4) is 0 Å². The predicted molar refractivity (Wildman–Crippen MR) is 159 cm³/mol. The fourth-order valence-corrected chi connectivity index (χ4v) is 3.52. The number of nitrogens with zero attached hydrogens (tertiary/aromatic N) is 2. The summed E-state index contributed by atoms with van der Waals surface area (Å²) in [5.41, 5.74) is 0.982. The lowest BCUT2D eigenvalue weighted by molar-refractivity contribution is -0.136. The maximum atomic E-state index is 12.7. The van der Waals surface area contributed by atoms with Crippen molar-refractivity contribution in [3.63, 3.8) is 0 Å². The zero-order valence-corrected chi connectivity index (χ0v) is 24.5. The second kappa shape index (κ2) is 23.5. The third-order valence-corrected chi connectivity index (χ3v) is 6.10. The molecule has 214 valence electrons. The first-order chi connectivity index (χ1) is 18.3. The number of unbranched alkanes of at least 4 members (excludes halogenated alkanes) is 2. The topological polar surface area (TPSA) is 56.8 Å². The zero-order chi connectivity index (χ0) is 28.6. The van der Waals surface area contributed by atoms with Gasteiger partial charge in [-0.05, 0) is 72.5 Å². The van der Waals surface area contributed by atoms with Crippen LogP contribution in [0.2, 0.25) is 0 Å². The van der Waals surface area contributed by atoms with Crippen molar-refractivity contribution in [1.82, 2.24) is 20.4 Å². The molecule has 6 nitrogen and oxygen atoms in total. The van der Waals surface area contributed by atoms with Gasteiger partial charge in [0, 0.05) is 49.9 Å². The molecule has 2 N–H and O–H groups in total. The fraction of sp³-hybridized carbons (Fsp3) is 0.581. The van der Waals surface area contributed by atoms with Crippen LogP contribution in [0.4, 0.5) is 4.39 Å². The van der Waals surface area contributed by atoms with Gasteiger partial charge in [-0.1, -0.05) is 56.6 Å². The number of allylic oxidation sites excluding steroid dienone is 8. The number of carbonyl (C=O) groups excluding carboxylic acids is 1. The zero-order valence-electron chi connectivity index (χ0n) is 24.5. The minimum Gasteiger partial charge on any atom is -0.372 e. The Labute approximate surface area is 231 Å². The van der Waals surface area contributed by atoms with Gasteiger partial charge in [0.05, 0.1) is 0 Å². The number of nitrogens with one attached hydrogen (secondary N) is 2. The van der Waals surface area contributed by atoms with Crippen LogP contribution in [-0.4, -0.2) is 75.2 Å². The summed E-state index contributed by atoms with van der Waals surface area (Å²) in [6.45, 7) is 12.9. The third-order valence-electron chi connectivity index (χ3n) is 6.10. The molecule has 0 radical (unpaired) electrons. The van der Waals surface area contributed by atoms with Gasteiger partial charge in [-0.25, -0.2) is 4.39 Å². The summed E-state index contributed by atoms with van der Waals surface area (Å²) < 4.78 is 18.1. The van der Waals surface area contributed by atoms with Gasteiger partial charge in [-0.2, -0.15) is 0 Å². The molecule has 0 aromatic rings. The number of hydrogen-bond acceptors (Lipinski definition) is 5. The van der Waals surface area contributed by atoms with Crippen molar-refractivity contribution in [3.8, 4) is 12.5 Å². The quantitative estimate of drug-likeness (QED) is 0.176. The van der Waals surface area contributed by atoms with Crippen LogP contribution in [0.15, 0.2) is 60.1 Å². The third kappa shape index (κ3) is 18.6. The van der Waals surface area contributed by atoms with Gasteiger partial charge in [-0.3, -0.25) is 4.79 Å². The maximum Gasteiger partial charge on any atom is 0.248 e. The number of terminal acetylenes is 1. The van der Waals surface area contributed by atoms with Crippen molar-refractivity contribution in [3.05, 3.63) is 60.1 Å². The van der Waals surface area contributed by atoms with Gasteiger partial charge in [-0.15, -0.1) is 0 Å². The summed E-state index contributed by atoms with van der Waals surface area (Å²) >= 11 is 0. The van der Waals surface area contributed by atoms with E-state index < -0.39 is 0 Å². The monoisotopic (exact) mass is 530 g/mol. The molecule has 1 saturated heterocycles. The van der Waals surface area contributed by atoms with Crippen molar-refractivity contribution in [2.45, 2.75) is 59.4 Å². The Balaban J connectivity index is 0.000000572. The standard InChI is InChI=1S/C13H26N2O2.C10H14FN.C8H11N/c1-3-4-5-11-17-12-13(16)15-8-6-7-14(2)9-10-15;1-8(12-2)9-4-3-5-10(11)7-6-9;1-4-6-7-8(3)9-5-2/h3-12H2,1-2H3;3-9,12H,1-2H3;2,4,6-7,9H,1,3H3/b;;6-4-,8-7-. The van der Waals surface area contributed by atoms with Crippen molar-refractivity contribution in [2.75, 3.05) is 53.5 Å². The number of ether oxygens (including phenoxy) is 1. The highest BCUT2D eigenvalue weighted by atomic mass is 19.1. The lowest BCUT2D eigenvalue weighted by Crippen LogP contribution is -2.37. The molecule has 7 heteroatoms. The second-order valence-electron chi connectivity index (χ2n) is 9.39. The lowest BCUT2D eigenvalue weighted by atomic mass is 10.0. The molecule has 0 aromatic heterocycles. The van der Waals surface area contributed by atoms with E-state index in [0.29, 0.717) is 12.6 Å². The number of likely N-dealkylation sites (N-methyl/N-ethyl adjacent to an activating group) is 1. The second-order valence-corrected chi connectivity index (χ2v) is 9.39. The highest BCUT2D eigenvalue weighted by Gasteiger charge is 2.17. The van der Waals surface area contributed by atoms with Crippen LogP contribution in [0.5, 0.6) is 0 Å². The number of halogens is 1. The molecule has 0 bridgehead atoms. The van der Waals surface area contributed by atoms with Crippen molar-refractivity contribution >= 4 is 5.91 Å². The predicted octanol–water partition coefficient (Wildman–Crippen LogP) is 5.19. The Hall–Kier alpha value is -2.66. The van der Waals surface area contributed by atoms with E-state index in [9.17, 15) is 9.18 Å². The minimum atomic E-state index is -0.183. The van der Waals surface area contributed by atoms with Gasteiger partial charge < -0.3 is 25.2 Å². The van der Waals surface area contributed by atoms with Gasteiger partial charge in [0.2, 0.25) is 5.91 Å². The Morgan fingerprint density at radius 1 is 1.29 bits per heavy atom. The van der Waals surface area contributed by atoms with Crippen LogP contribution in [-0.2, 0) is 9.53 Å². The molecule has 1 amide bonds. The molecule has 1 aliphatic carbocycles. The van der Waals surface area contributed by atoms with E-state index in [-0.39, 0.29) is 24.3 Å². The van der Waals surface area contributed by atoms with Gasteiger partial charge >= 0.3 is 0 Å². The van der Waals surface area contributed by atoms with E-state index in [1.54, 1.807) is 6.08 Å². The summed E-state index contributed by atoms with van der Waals surface area (Å²) in [6, 6.07) is 2.67. The fourth-order valence-electron chi connectivity index (χ4n) is 3.52. The Morgan fingerprint density at radius 2 is 2.05 bits per heavy atom. The van der Waals surface area contributed by atoms with Crippen LogP contribution in [0, 0.1) is 18.4 Å². The van der Waals surface area contributed by atoms with Gasteiger partial charge in [0.25, 0.3) is 0 Å². The van der Waals surface area contributed by atoms with Crippen molar-refractivity contribution in [1.29, 1.82) is 0 Å². The first kappa shape index (κ1) is 35.3. The lowest BCUT2D eigenvalue weighted by Gasteiger charge is -2.20. The molecule has 2 aliphatic rings. The molecule has 1 fully saturated rings. The molecule has 0 saturated carbocycles. The van der Waals surface area contributed by atoms with E-state index in [4.69, 9.17) is 11.2 Å². The number of rotatable bonds is 10. The van der Waals surface area contributed by atoms with Gasteiger partial charge in [0.15, 0.2) is 0 Å². The largest absolute Gasteiger partial charge is 0.372 e. The van der Waals surface area contributed by atoms with Crippen molar-refractivity contribution in [2.24, 2.45) is 5.92 Å². The van der Waals surface area contributed by atoms with E-state index in [2.05, 4.69) is 42.5 Å². The summed E-state index contributed by atoms with van der Waals surface area (Å²) in [5, 5.41) is 5.85. The molecule has 2 unspecified atom stereocenters. The molecule has 2 rings (SSSR count). The van der Waals surface area contributed by atoms with Crippen LogP contribution < -0.4 is 10.6 Å². The van der Waals surface area contributed by atoms with E-state index in [0.717, 1.165) is 44.7 Å². The molecule has 2 atom stereocenters. The smallest absolute Gasteiger partial charge is 0.248 e. The number of amides is 1. The summed E-state index contributed by atoms with van der Waals surface area (Å²) in [6.07, 6.45) is 23.9. The molecular weight excluding hydrogens is 479 g/mol. The highest BCUT2D eigenvalue weighted by molar-refractivity contribution is 5.77. The summed E-state index contributed by atoms with van der Waals surface area (Å²) in [7, 11) is 4.01. The number of hydrogen-bond donors (Lipinski definition) is 2. The highest BCUT2D eigenvalue weighted by Crippen LogP contribution is 2.14. The van der Waals surface area contributed by atoms with E-state index in [1.165, 1.54) is 25.0 Å². The average Bonchev–Trinajstić information content (AvgIpc) is 3.27. The molecule has 0 aromatic carbocycles. The minimum absolute atomic E-state index is 0.150. The molecule has 38 heavy (non-hydrogen) atoms. The van der Waals surface area contributed by atoms with Gasteiger partial charge in [0.1, 0.15) is 12.4 Å². The van der Waals surface area contributed by atoms with E-state index in [1.807, 2.05) is 56.2 Å². The Bertz CT molecular complexity index is 826. The molecule has 0 spiro atoms. The molecule has 1 heterocycles. The van der Waals surface area contributed by atoms with Crippen molar-refractivity contribution < 1.29 is 13.9 Å². The first-order valence-electron chi connectivity index (χ1n) is 13.7. The number of carbonyl (C=O) groups is 1. The van der Waals surface area contributed by atoms with Crippen LogP contribution >= 0.6 is 0 Å². The van der Waals surface area contributed by atoms with Crippen LogP contribution in [0.1, 0.15) is 53.4 Å². The summed E-state index contributed by atoms with van der Waals surface area (Å²) in [5.74, 6) is 0.244.